The number of aromatic nitrogens is 2. The molecule has 0 saturated heterocycles. The van der Waals surface area contributed by atoms with Crippen LogP contribution in [0.4, 0.5) is 5.82 Å². The molecule has 19 heavy (non-hydrogen) atoms. The predicted octanol–water partition coefficient (Wildman–Crippen LogP) is 4.33. The van der Waals surface area contributed by atoms with Crippen molar-refractivity contribution in [3.8, 4) is 11.3 Å². The number of halogens is 1. The van der Waals surface area contributed by atoms with Crippen molar-refractivity contribution in [2.24, 2.45) is 5.92 Å². The number of benzene rings is 1. The van der Waals surface area contributed by atoms with Gasteiger partial charge in [-0.2, -0.15) is 5.10 Å². The Morgan fingerprint density at radius 3 is 2.79 bits per heavy atom. The standard InChI is InChI=1S/C15H18BrN3/c1-3-12-10(2)9-17-15-13(16)14(18-19(12)15)11-7-5-4-6-8-11/h4-8,10,12,17H,3,9H2,1-2H3. The molecule has 0 aliphatic carbocycles. The fraction of sp³-hybridized carbons (Fsp3) is 0.400. The number of hydrogen-bond donors (Lipinski definition) is 1. The van der Waals surface area contributed by atoms with Crippen molar-refractivity contribution in [3.63, 3.8) is 0 Å². The van der Waals surface area contributed by atoms with Crippen molar-refractivity contribution in [3.05, 3.63) is 34.8 Å². The maximum absolute atomic E-state index is 4.83. The number of nitrogens with one attached hydrogen (secondary N) is 1. The number of anilines is 1. The second-order valence-electron chi connectivity index (χ2n) is 5.16. The molecule has 2 aromatic rings. The summed E-state index contributed by atoms with van der Waals surface area (Å²) in [6.45, 7) is 5.52. The second-order valence-corrected chi connectivity index (χ2v) is 5.95. The van der Waals surface area contributed by atoms with Crippen LogP contribution in [-0.2, 0) is 0 Å². The van der Waals surface area contributed by atoms with Gasteiger partial charge in [-0.15, -0.1) is 0 Å². The Morgan fingerprint density at radius 2 is 2.11 bits per heavy atom. The summed E-state index contributed by atoms with van der Waals surface area (Å²) in [7, 11) is 0. The summed E-state index contributed by atoms with van der Waals surface area (Å²) in [6, 6.07) is 10.8. The molecule has 4 heteroatoms. The molecule has 0 fully saturated rings. The molecule has 0 radical (unpaired) electrons. The van der Waals surface area contributed by atoms with E-state index in [0.717, 1.165) is 34.5 Å². The minimum absolute atomic E-state index is 0.477. The van der Waals surface area contributed by atoms with Crippen LogP contribution in [0.3, 0.4) is 0 Å². The summed E-state index contributed by atoms with van der Waals surface area (Å²) in [5, 5.41) is 8.32. The first-order valence-electron chi connectivity index (χ1n) is 6.79. The average Bonchev–Trinajstić information content (AvgIpc) is 2.77. The normalized spacial score (nSPS) is 21.8. The van der Waals surface area contributed by atoms with Gasteiger partial charge < -0.3 is 5.32 Å². The molecule has 0 spiro atoms. The van der Waals surface area contributed by atoms with Gasteiger partial charge in [0, 0.05) is 12.1 Å². The van der Waals surface area contributed by atoms with E-state index in [0.29, 0.717) is 12.0 Å². The monoisotopic (exact) mass is 319 g/mol. The first-order valence-corrected chi connectivity index (χ1v) is 7.59. The van der Waals surface area contributed by atoms with E-state index in [1.807, 2.05) is 18.2 Å². The lowest BCUT2D eigenvalue weighted by molar-refractivity contribution is 0.313. The topological polar surface area (TPSA) is 29.9 Å². The second kappa shape index (κ2) is 5.00. The van der Waals surface area contributed by atoms with E-state index in [2.05, 4.69) is 51.9 Å². The quantitative estimate of drug-likeness (QED) is 0.893. The molecule has 3 rings (SSSR count). The maximum Gasteiger partial charge on any atom is 0.139 e. The van der Waals surface area contributed by atoms with Crippen molar-refractivity contribution in [2.45, 2.75) is 26.3 Å². The summed E-state index contributed by atoms with van der Waals surface area (Å²) in [6.07, 6.45) is 1.11. The van der Waals surface area contributed by atoms with Crippen molar-refractivity contribution in [1.82, 2.24) is 9.78 Å². The van der Waals surface area contributed by atoms with Gasteiger partial charge in [-0.25, -0.2) is 4.68 Å². The molecule has 0 saturated carbocycles. The van der Waals surface area contributed by atoms with Crippen LogP contribution in [0, 0.1) is 5.92 Å². The van der Waals surface area contributed by atoms with Gasteiger partial charge in [0.25, 0.3) is 0 Å². The number of nitrogens with zero attached hydrogens (tertiary/aromatic N) is 2. The molecule has 1 aliphatic rings. The smallest absolute Gasteiger partial charge is 0.139 e. The van der Waals surface area contributed by atoms with Crippen LogP contribution in [0.5, 0.6) is 0 Å². The minimum Gasteiger partial charge on any atom is -0.369 e. The van der Waals surface area contributed by atoms with E-state index in [4.69, 9.17) is 5.10 Å². The highest BCUT2D eigenvalue weighted by atomic mass is 79.9. The molecule has 1 aliphatic heterocycles. The Bertz CT molecular complexity index is 577. The molecule has 100 valence electrons. The van der Waals surface area contributed by atoms with Crippen molar-refractivity contribution in [2.75, 3.05) is 11.9 Å². The third-order valence-electron chi connectivity index (χ3n) is 3.88. The molecule has 2 unspecified atom stereocenters. The summed E-state index contributed by atoms with van der Waals surface area (Å²) < 4.78 is 3.23. The molecule has 1 aromatic carbocycles. The SMILES string of the molecule is CCC1C(C)CNc2c(Br)c(-c3ccccc3)nn21. The minimum atomic E-state index is 0.477. The van der Waals surface area contributed by atoms with Gasteiger partial charge in [0.2, 0.25) is 0 Å². The number of rotatable bonds is 2. The van der Waals surface area contributed by atoms with Gasteiger partial charge in [-0.3, -0.25) is 0 Å². The van der Waals surface area contributed by atoms with Crippen LogP contribution < -0.4 is 5.32 Å². The molecule has 0 bridgehead atoms. The van der Waals surface area contributed by atoms with E-state index in [1.54, 1.807) is 0 Å². The fourth-order valence-electron chi connectivity index (χ4n) is 2.80. The molecule has 2 heterocycles. The van der Waals surface area contributed by atoms with Gasteiger partial charge in [-0.05, 0) is 28.3 Å². The third kappa shape index (κ3) is 2.08. The third-order valence-corrected chi connectivity index (χ3v) is 4.63. The summed E-state index contributed by atoms with van der Waals surface area (Å²) in [4.78, 5) is 0. The van der Waals surface area contributed by atoms with Crippen LogP contribution >= 0.6 is 15.9 Å². The molecular formula is C15H18BrN3. The molecule has 0 amide bonds. The number of fused-ring (bicyclic) bond motifs is 1. The summed E-state index contributed by atoms with van der Waals surface area (Å²) >= 11 is 3.70. The maximum atomic E-state index is 4.83. The lowest BCUT2D eigenvalue weighted by Crippen LogP contribution is -2.30. The largest absolute Gasteiger partial charge is 0.369 e. The van der Waals surface area contributed by atoms with Crippen LogP contribution in [0.2, 0.25) is 0 Å². The zero-order valence-electron chi connectivity index (χ0n) is 11.2. The highest BCUT2D eigenvalue weighted by Gasteiger charge is 2.29. The first kappa shape index (κ1) is 12.7. The van der Waals surface area contributed by atoms with Crippen LogP contribution in [0.25, 0.3) is 11.3 Å². The molecule has 2 atom stereocenters. The van der Waals surface area contributed by atoms with Crippen LogP contribution in [-0.4, -0.2) is 16.3 Å². The van der Waals surface area contributed by atoms with E-state index in [9.17, 15) is 0 Å². The van der Waals surface area contributed by atoms with Crippen molar-refractivity contribution >= 4 is 21.7 Å². The lowest BCUT2D eigenvalue weighted by atomic mass is 9.98. The molecule has 1 N–H and O–H groups in total. The Kier molecular flexibility index (Phi) is 3.35. The first-order chi connectivity index (χ1) is 9.22. The van der Waals surface area contributed by atoms with Gasteiger partial charge in [0.05, 0.1) is 10.5 Å². The Morgan fingerprint density at radius 1 is 1.37 bits per heavy atom. The fourth-order valence-corrected chi connectivity index (χ4v) is 3.43. The van der Waals surface area contributed by atoms with Crippen LogP contribution in [0.15, 0.2) is 34.8 Å². The molecular weight excluding hydrogens is 302 g/mol. The highest BCUT2D eigenvalue weighted by molar-refractivity contribution is 9.10. The van der Waals surface area contributed by atoms with Crippen molar-refractivity contribution in [1.29, 1.82) is 0 Å². The Labute approximate surface area is 122 Å². The van der Waals surface area contributed by atoms with E-state index < -0.39 is 0 Å². The molecule has 1 aromatic heterocycles. The molecule has 3 nitrogen and oxygen atoms in total. The zero-order valence-corrected chi connectivity index (χ0v) is 12.8. The zero-order chi connectivity index (χ0) is 13.4. The highest BCUT2D eigenvalue weighted by Crippen LogP contribution is 2.40. The van der Waals surface area contributed by atoms with Crippen LogP contribution in [0.1, 0.15) is 26.3 Å². The van der Waals surface area contributed by atoms with Crippen molar-refractivity contribution < 1.29 is 0 Å². The van der Waals surface area contributed by atoms with Gasteiger partial charge in [0.1, 0.15) is 11.5 Å². The van der Waals surface area contributed by atoms with E-state index >= 15 is 0 Å². The van der Waals surface area contributed by atoms with Gasteiger partial charge >= 0.3 is 0 Å². The lowest BCUT2D eigenvalue weighted by Gasteiger charge is -2.30. The van der Waals surface area contributed by atoms with E-state index in [-0.39, 0.29) is 0 Å². The summed E-state index contributed by atoms with van der Waals surface area (Å²) in [5.41, 5.74) is 2.18. The van der Waals surface area contributed by atoms with Gasteiger partial charge in [-0.1, -0.05) is 44.2 Å². The number of hydrogen-bond acceptors (Lipinski definition) is 2. The Hall–Kier alpha value is -1.29. The summed E-state index contributed by atoms with van der Waals surface area (Å²) in [5.74, 6) is 1.72. The predicted molar refractivity (Wildman–Crippen MR) is 82.3 cm³/mol. The Balaban J connectivity index is 2.11. The average molecular weight is 320 g/mol. The van der Waals surface area contributed by atoms with E-state index in [1.165, 1.54) is 0 Å². The van der Waals surface area contributed by atoms with Gasteiger partial charge in [0.15, 0.2) is 0 Å².